The fourth-order valence-corrected chi connectivity index (χ4v) is 1.95. The van der Waals surface area contributed by atoms with E-state index in [1.165, 1.54) is 0 Å². The molecule has 0 spiro atoms. The van der Waals surface area contributed by atoms with Crippen LogP contribution in [0.2, 0.25) is 0 Å². The van der Waals surface area contributed by atoms with E-state index in [4.69, 9.17) is 5.73 Å². The van der Waals surface area contributed by atoms with E-state index in [0.29, 0.717) is 13.1 Å². The van der Waals surface area contributed by atoms with Gasteiger partial charge in [0.1, 0.15) is 5.69 Å². The Hall–Kier alpha value is -0.720. The van der Waals surface area contributed by atoms with E-state index in [0.717, 1.165) is 20.2 Å². The van der Waals surface area contributed by atoms with Crippen LogP contribution in [0.3, 0.4) is 0 Å². The van der Waals surface area contributed by atoms with Gasteiger partial charge in [0.05, 0.1) is 12.7 Å². The molecule has 0 aliphatic carbocycles. The molecule has 1 aromatic heterocycles. The van der Waals surface area contributed by atoms with Gasteiger partial charge in [0.25, 0.3) is 0 Å². The van der Waals surface area contributed by atoms with E-state index < -0.39 is 0 Å². The highest BCUT2D eigenvalue weighted by molar-refractivity contribution is 9.13. The number of benzene rings is 1. The Bertz CT molecular complexity index is 495. The highest BCUT2D eigenvalue weighted by atomic mass is 79.9. The van der Waals surface area contributed by atoms with Gasteiger partial charge in [0.2, 0.25) is 0 Å². The first-order valence-electron chi connectivity index (χ1n) is 4.76. The summed E-state index contributed by atoms with van der Waals surface area (Å²) in [5.74, 6) is 0. The van der Waals surface area contributed by atoms with Crippen LogP contribution in [0, 0.1) is 0 Å². The molecule has 0 bridgehead atoms. The van der Waals surface area contributed by atoms with Gasteiger partial charge in [-0.15, -0.1) is 5.10 Å². The zero-order chi connectivity index (χ0) is 11.5. The SMILES string of the molecule is NCCn1cc(-c2ccc(Br)c(Br)c2)nn1. The second-order valence-electron chi connectivity index (χ2n) is 3.28. The van der Waals surface area contributed by atoms with Gasteiger partial charge in [-0.05, 0) is 44.0 Å². The summed E-state index contributed by atoms with van der Waals surface area (Å²) >= 11 is 6.89. The molecule has 2 aromatic rings. The predicted octanol–water partition coefficient (Wildman–Crippen LogP) is 2.43. The van der Waals surface area contributed by atoms with Gasteiger partial charge in [-0.25, -0.2) is 0 Å². The van der Waals surface area contributed by atoms with E-state index >= 15 is 0 Å². The van der Waals surface area contributed by atoms with E-state index in [-0.39, 0.29) is 0 Å². The lowest BCUT2D eigenvalue weighted by Gasteiger charge is -1.99. The number of rotatable bonds is 3. The normalized spacial score (nSPS) is 10.7. The highest BCUT2D eigenvalue weighted by Gasteiger charge is 2.05. The maximum Gasteiger partial charge on any atom is 0.113 e. The van der Waals surface area contributed by atoms with Crippen molar-refractivity contribution < 1.29 is 0 Å². The third-order valence-electron chi connectivity index (χ3n) is 2.11. The number of hydrogen-bond donors (Lipinski definition) is 1. The maximum absolute atomic E-state index is 5.45. The van der Waals surface area contributed by atoms with Gasteiger partial charge >= 0.3 is 0 Å². The summed E-state index contributed by atoms with van der Waals surface area (Å²) in [6.07, 6.45) is 1.89. The van der Waals surface area contributed by atoms with E-state index in [1.54, 1.807) is 4.68 Å². The minimum atomic E-state index is 0.562. The van der Waals surface area contributed by atoms with Crippen LogP contribution in [-0.2, 0) is 6.54 Å². The zero-order valence-electron chi connectivity index (χ0n) is 8.40. The summed E-state index contributed by atoms with van der Waals surface area (Å²) in [5, 5.41) is 8.09. The largest absolute Gasteiger partial charge is 0.329 e. The Balaban J connectivity index is 2.31. The third-order valence-corrected chi connectivity index (χ3v) is 3.99. The van der Waals surface area contributed by atoms with Crippen LogP contribution in [0.5, 0.6) is 0 Å². The number of nitrogens with two attached hydrogens (primary N) is 1. The molecule has 0 saturated heterocycles. The van der Waals surface area contributed by atoms with Crippen molar-refractivity contribution in [1.29, 1.82) is 0 Å². The minimum absolute atomic E-state index is 0.562. The van der Waals surface area contributed by atoms with Crippen molar-refractivity contribution in [3.8, 4) is 11.3 Å². The second-order valence-corrected chi connectivity index (χ2v) is 4.99. The van der Waals surface area contributed by atoms with Gasteiger partial charge in [-0.3, -0.25) is 4.68 Å². The molecule has 0 unspecified atom stereocenters. The number of aromatic nitrogens is 3. The van der Waals surface area contributed by atoms with Crippen LogP contribution in [0.25, 0.3) is 11.3 Å². The first-order chi connectivity index (χ1) is 7.70. The quantitative estimate of drug-likeness (QED) is 0.929. The molecular formula is C10H10Br2N4. The van der Waals surface area contributed by atoms with E-state index in [9.17, 15) is 0 Å². The van der Waals surface area contributed by atoms with Crippen LogP contribution in [0.4, 0.5) is 0 Å². The summed E-state index contributed by atoms with van der Waals surface area (Å²) in [6.45, 7) is 1.25. The van der Waals surface area contributed by atoms with E-state index in [1.807, 2.05) is 24.4 Å². The molecule has 6 heteroatoms. The zero-order valence-corrected chi connectivity index (χ0v) is 11.6. The second kappa shape index (κ2) is 5.07. The monoisotopic (exact) mass is 344 g/mol. The Labute approximate surface area is 110 Å². The number of halogens is 2. The van der Waals surface area contributed by atoms with Crippen LogP contribution in [0.15, 0.2) is 33.3 Å². The molecule has 0 atom stereocenters. The summed E-state index contributed by atoms with van der Waals surface area (Å²) in [5.41, 5.74) is 7.33. The molecule has 16 heavy (non-hydrogen) atoms. The lowest BCUT2D eigenvalue weighted by molar-refractivity contribution is 0.598. The lowest BCUT2D eigenvalue weighted by atomic mass is 10.2. The molecule has 2 N–H and O–H groups in total. The van der Waals surface area contributed by atoms with Crippen LogP contribution < -0.4 is 5.73 Å². The van der Waals surface area contributed by atoms with Crippen molar-refractivity contribution >= 4 is 31.9 Å². The molecule has 0 saturated carbocycles. The van der Waals surface area contributed by atoms with Gasteiger partial charge in [0, 0.05) is 21.1 Å². The number of nitrogens with zero attached hydrogens (tertiary/aromatic N) is 3. The predicted molar refractivity (Wildman–Crippen MR) is 69.9 cm³/mol. The van der Waals surface area contributed by atoms with Crippen LogP contribution in [0.1, 0.15) is 0 Å². The topological polar surface area (TPSA) is 56.7 Å². The molecule has 0 aliphatic rings. The lowest BCUT2D eigenvalue weighted by Crippen LogP contribution is -2.10. The van der Waals surface area contributed by atoms with Gasteiger partial charge in [-0.2, -0.15) is 0 Å². The van der Waals surface area contributed by atoms with Crippen molar-refractivity contribution in [1.82, 2.24) is 15.0 Å². The molecule has 0 fully saturated rings. The Kier molecular flexibility index (Phi) is 3.73. The van der Waals surface area contributed by atoms with Crippen molar-refractivity contribution in [2.24, 2.45) is 5.73 Å². The summed E-state index contributed by atoms with van der Waals surface area (Å²) in [7, 11) is 0. The molecular weight excluding hydrogens is 336 g/mol. The van der Waals surface area contributed by atoms with Crippen molar-refractivity contribution in [2.75, 3.05) is 6.54 Å². The fraction of sp³-hybridized carbons (Fsp3) is 0.200. The molecule has 84 valence electrons. The van der Waals surface area contributed by atoms with E-state index in [2.05, 4.69) is 42.2 Å². The van der Waals surface area contributed by atoms with Gasteiger partial charge < -0.3 is 5.73 Å². The minimum Gasteiger partial charge on any atom is -0.329 e. The summed E-state index contributed by atoms with van der Waals surface area (Å²) in [4.78, 5) is 0. The molecule has 4 nitrogen and oxygen atoms in total. The van der Waals surface area contributed by atoms with Crippen LogP contribution in [-0.4, -0.2) is 21.5 Å². The fourth-order valence-electron chi connectivity index (χ4n) is 1.33. The Morgan fingerprint density at radius 3 is 2.75 bits per heavy atom. The average molecular weight is 346 g/mol. The maximum atomic E-state index is 5.45. The first kappa shape index (κ1) is 11.8. The average Bonchev–Trinajstić information content (AvgIpc) is 2.71. The van der Waals surface area contributed by atoms with Crippen molar-refractivity contribution in [3.63, 3.8) is 0 Å². The molecule has 0 aliphatic heterocycles. The van der Waals surface area contributed by atoms with Gasteiger partial charge in [-0.1, -0.05) is 11.3 Å². The smallest absolute Gasteiger partial charge is 0.113 e. The Morgan fingerprint density at radius 2 is 2.06 bits per heavy atom. The third kappa shape index (κ3) is 2.50. The summed E-state index contributed by atoms with van der Waals surface area (Å²) in [6, 6.07) is 5.97. The number of hydrogen-bond acceptors (Lipinski definition) is 3. The standard InChI is InChI=1S/C10H10Br2N4/c11-8-2-1-7(5-9(8)12)10-6-16(4-3-13)15-14-10/h1-2,5-6H,3-4,13H2. The molecule has 1 heterocycles. The van der Waals surface area contributed by atoms with Crippen molar-refractivity contribution in [3.05, 3.63) is 33.3 Å². The molecule has 2 rings (SSSR count). The van der Waals surface area contributed by atoms with Crippen LogP contribution >= 0.6 is 31.9 Å². The first-order valence-corrected chi connectivity index (χ1v) is 6.35. The Morgan fingerprint density at radius 1 is 1.25 bits per heavy atom. The molecule has 0 radical (unpaired) electrons. The highest BCUT2D eigenvalue weighted by Crippen LogP contribution is 2.27. The molecule has 1 aromatic carbocycles. The van der Waals surface area contributed by atoms with Crippen molar-refractivity contribution in [2.45, 2.75) is 6.54 Å². The summed E-state index contributed by atoms with van der Waals surface area (Å²) < 4.78 is 3.76. The molecule has 0 amide bonds. The van der Waals surface area contributed by atoms with Gasteiger partial charge in [0.15, 0.2) is 0 Å².